The molecule has 2 heteroatoms. The lowest BCUT2D eigenvalue weighted by molar-refractivity contribution is 0.363. The molecule has 1 aliphatic carbocycles. The van der Waals surface area contributed by atoms with Gasteiger partial charge in [-0.15, -0.1) is 0 Å². The van der Waals surface area contributed by atoms with Gasteiger partial charge in [0.05, 0.1) is 0 Å². The first kappa shape index (κ1) is 7.42. The van der Waals surface area contributed by atoms with Gasteiger partial charge < -0.3 is 5.73 Å². The van der Waals surface area contributed by atoms with Crippen LogP contribution in [0.3, 0.4) is 0 Å². The molecule has 54 valence electrons. The van der Waals surface area contributed by atoms with Crippen molar-refractivity contribution in [2.24, 2.45) is 11.7 Å². The maximum atomic E-state index is 5.38. The van der Waals surface area contributed by atoms with Gasteiger partial charge in [-0.3, -0.25) is 0 Å². The van der Waals surface area contributed by atoms with Crippen LogP contribution in [0.2, 0.25) is 0 Å². The molecule has 0 spiro atoms. The monoisotopic (exact) mass is 145 g/mol. The van der Waals surface area contributed by atoms with Crippen molar-refractivity contribution in [2.75, 3.05) is 12.3 Å². The Kier molecular flexibility index (Phi) is 2.86. The number of hydrogen-bond donors (Lipinski definition) is 1. The standard InChI is InChI=1S/C7H15NS/c1-6-2-3-7(6)9-5-4-8/h6-7H,2-5,8H2,1H3. The van der Waals surface area contributed by atoms with Crippen LogP contribution in [0.25, 0.3) is 0 Å². The van der Waals surface area contributed by atoms with Gasteiger partial charge in [0, 0.05) is 17.5 Å². The first-order chi connectivity index (χ1) is 4.34. The Labute approximate surface area is 61.4 Å². The Morgan fingerprint density at radius 3 is 2.67 bits per heavy atom. The molecule has 1 fully saturated rings. The van der Waals surface area contributed by atoms with Crippen LogP contribution in [-0.2, 0) is 0 Å². The maximum absolute atomic E-state index is 5.38. The van der Waals surface area contributed by atoms with Gasteiger partial charge in [-0.05, 0) is 18.8 Å². The summed E-state index contributed by atoms with van der Waals surface area (Å²) in [5.74, 6) is 2.11. The minimum Gasteiger partial charge on any atom is -0.330 e. The predicted octanol–water partition coefficient (Wildman–Crippen LogP) is 1.48. The van der Waals surface area contributed by atoms with E-state index in [2.05, 4.69) is 6.92 Å². The van der Waals surface area contributed by atoms with Crippen molar-refractivity contribution >= 4 is 11.8 Å². The van der Waals surface area contributed by atoms with Crippen LogP contribution in [0, 0.1) is 5.92 Å². The molecule has 0 aromatic carbocycles. The highest BCUT2D eigenvalue weighted by molar-refractivity contribution is 8.00. The van der Waals surface area contributed by atoms with E-state index in [9.17, 15) is 0 Å². The van der Waals surface area contributed by atoms with Crippen LogP contribution in [0.5, 0.6) is 0 Å². The van der Waals surface area contributed by atoms with Gasteiger partial charge in [-0.25, -0.2) is 0 Å². The topological polar surface area (TPSA) is 26.0 Å². The fourth-order valence-electron chi connectivity index (χ4n) is 1.10. The van der Waals surface area contributed by atoms with Crippen LogP contribution in [0.15, 0.2) is 0 Å². The fraction of sp³-hybridized carbons (Fsp3) is 1.00. The van der Waals surface area contributed by atoms with Gasteiger partial charge in [0.15, 0.2) is 0 Å². The van der Waals surface area contributed by atoms with Crippen molar-refractivity contribution < 1.29 is 0 Å². The van der Waals surface area contributed by atoms with Crippen LogP contribution >= 0.6 is 11.8 Å². The van der Waals surface area contributed by atoms with Gasteiger partial charge in [-0.1, -0.05) is 6.92 Å². The molecule has 0 heterocycles. The number of nitrogens with two attached hydrogens (primary N) is 1. The van der Waals surface area contributed by atoms with Crippen LogP contribution in [0.4, 0.5) is 0 Å². The predicted molar refractivity (Wildman–Crippen MR) is 43.7 cm³/mol. The van der Waals surface area contributed by atoms with E-state index in [0.29, 0.717) is 0 Å². The summed E-state index contributed by atoms with van der Waals surface area (Å²) in [6.07, 6.45) is 2.86. The van der Waals surface area contributed by atoms with Gasteiger partial charge in [0.1, 0.15) is 0 Å². The minimum absolute atomic E-state index is 0.841. The van der Waals surface area contributed by atoms with E-state index < -0.39 is 0 Å². The fourth-order valence-corrected chi connectivity index (χ4v) is 2.31. The Bertz CT molecular complexity index is 85.0. The van der Waals surface area contributed by atoms with E-state index in [-0.39, 0.29) is 0 Å². The molecule has 0 aromatic heterocycles. The maximum Gasteiger partial charge on any atom is 0.00732 e. The molecule has 2 unspecified atom stereocenters. The number of hydrogen-bond acceptors (Lipinski definition) is 2. The highest BCUT2D eigenvalue weighted by atomic mass is 32.2. The van der Waals surface area contributed by atoms with E-state index >= 15 is 0 Å². The summed E-state index contributed by atoms with van der Waals surface area (Å²) in [6.45, 7) is 3.17. The molecule has 9 heavy (non-hydrogen) atoms. The van der Waals surface area contributed by atoms with Crippen molar-refractivity contribution in [1.29, 1.82) is 0 Å². The molecule has 0 aromatic rings. The quantitative estimate of drug-likeness (QED) is 0.651. The highest BCUT2D eigenvalue weighted by Gasteiger charge is 2.26. The van der Waals surface area contributed by atoms with E-state index in [0.717, 1.165) is 23.5 Å². The molecule has 2 atom stereocenters. The molecule has 1 nitrogen and oxygen atoms in total. The largest absolute Gasteiger partial charge is 0.330 e. The smallest absolute Gasteiger partial charge is 0.00732 e. The van der Waals surface area contributed by atoms with Crippen molar-refractivity contribution in [1.82, 2.24) is 0 Å². The summed E-state index contributed by atoms with van der Waals surface area (Å²) in [7, 11) is 0. The van der Waals surface area contributed by atoms with Crippen molar-refractivity contribution in [3.63, 3.8) is 0 Å². The average Bonchev–Trinajstić information content (AvgIpc) is 1.86. The van der Waals surface area contributed by atoms with Crippen molar-refractivity contribution in [3.8, 4) is 0 Å². The van der Waals surface area contributed by atoms with E-state index in [4.69, 9.17) is 5.73 Å². The second-order valence-corrected chi connectivity index (χ2v) is 4.10. The van der Waals surface area contributed by atoms with E-state index in [1.54, 1.807) is 0 Å². The highest BCUT2D eigenvalue weighted by Crippen LogP contribution is 2.36. The summed E-state index contributed by atoms with van der Waals surface area (Å²) in [6, 6.07) is 0. The van der Waals surface area contributed by atoms with Crippen LogP contribution in [0.1, 0.15) is 19.8 Å². The molecule has 2 N–H and O–H groups in total. The molecule has 0 radical (unpaired) electrons. The Hall–Kier alpha value is 0.310. The molecule has 0 bridgehead atoms. The Morgan fingerprint density at radius 2 is 2.33 bits per heavy atom. The zero-order valence-corrected chi connectivity index (χ0v) is 6.79. The SMILES string of the molecule is CC1CCC1SCCN. The lowest BCUT2D eigenvalue weighted by Gasteiger charge is -2.32. The average molecular weight is 145 g/mol. The van der Waals surface area contributed by atoms with E-state index in [1.807, 2.05) is 11.8 Å². The normalized spacial score (nSPS) is 34.0. The summed E-state index contributed by atoms with van der Waals surface area (Å²) >= 11 is 2.05. The second-order valence-electron chi connectivity index (χ2n) is 2.75. The first-order valence-corrected chi connectivity index (χ1v) is 4.71. The lowest BCUT2D eigenvalue weighted by Crippen LogP contribution is -2.26. The van der Waals surface area contributed by atoms with Crippen molar-refractivity contribution in [2.45, 2.75) is 25.0 Å². The third-order valence-electron chi connectivity index (χ3n) is 1.99. The summed E-state index contributed by atoms with van der Waals surface area (Å²) in [5.41, 5.74) is 5.38. The molecule has 1 rings (SSSR count). The molecule has 1 aliphatic rings. The number of rotatable bonds is 3. The minimum atomic E-state index is 0.841. The molecular formula is C7H15NS. The molecule has 0 aliphatic heterocycles. The summed E-state index contributed by atoms with van der Waals surface area (Å²) in [4.78, 5) is 0. The van der Waals surface area contributed by atoms with Crippen LogP contribution < -0.4 is 5.73 Å². The van der Waals surface area contributed by atoms with E-state index in [1.165, 1.54) is 12.8 Å². The second kappa shape index (κ2) is 3.47. The molecule has 0 saturated heterocycles. The lowest BCUT2D eigenvalue weighted by atomic mass is 9.87. The first-order valence-electron chi connectivity index (χ1n) is 3.66. The third kappa shape index (κ3) is 1.87. The Morgan fingerprint density at radius 1 is 1.56 bits per heavy atom. The molecule has 0 amide bonds. The molecule has 1 saturated carbocycles. The summed E-state index contributed by atoms with van der Waals surface area (Å²) < 4.78 is 0. The van der Waals surface area contributed by atoms with Gasteiger partial charge in [0.25, 0.3) is 0 Å². The van der Waals surface area contributed by atoms with Crippen molar-refractivity contribution in [3.05, 3.63) is 0 Å². The number of thioether (sulfide) groups is 1. The Balaban J connectivity index is 1.99. The zero-order chi connectivity index (χ0) is 6.69. The van der Waals surface area contributed by atoms with Gasteiger partial charge >= 0.3 is 0 Å². The third-order valence-corrected chi connectivity index (χ3v) is 3.59. The summed E-state index contributed by atoms with van der Waals surface area (Å²) in [5, 5.41) is 0.938. The molecular weight excluding hydrogens is 130 g/mol. The van der Waals surface area contributed by atoms with Gasteiger partial charge in [0.2, 0.25) is 0 Å². The zero-order valence-electron chi connectivity index (χ0n) is 5.97. The van der Waals surface area contributed by atoms with Gasteiger partial charge in [-0.2, -0.15) is 11.8 Å². The van der Waals surface area contributed by atoms with Crippen LogP contribution in [-0.4, -0.2) is 17.5 Å².